The third-order valence-electron chi connectivity index (χ3n) is 4.79. The summed E-state index contributed by atoms with van der Waals surface area (Å²) in [5.74, 6) is -0.0387. The molecule has 7 heteroatoms. The number of nitrogens with zero attached hydrogens (tertiary/aromatic N) is 2. The molecule has 1 aromatic carbocycles. The van der Waals surface area contributed by atoms with E-state index >= 15 is 0 Å². The van der Waals surface area contributed by atoms with Crippen molar-refractivity contribution in [2.24, 2.45) is 7.05 Å². The molecule has 0 saturated carbocycles. The van der Waals surface area contributed by atoms with Gasteiger partial charge in [-0.15, -0.1) is 11.3 Å². The first-order valence-electron chi connectivity index (χ1n) is 9.33. The highest BCUT2D eigenvalue weighted by Crippen LogP contribution is 2.33. The molecule has 0 aliphatic rings. The maximum atomic E-state index is 13.1. The number of thiophene rings is 1. The second kappa shape index (κ2) is 8.49. The molecule has 1 N–H and O–H groups in total. The highest BCUT2D eigenvalue weighted by molar-refractivity contribution is 8.00. The molecule has 0 unspecified atom stereocenters. The number of amides is 1. The summed E-state index contributed by atoms with van der Waals surface area (Å²) in [6.45, 7) is 8.65. The van der Waals surface area contributed by atoms with Crippen LogP contribution in [0.4, 0.5) is 0 Å². The van der Waals surface area contributed by atoms with E-state index in [4.69, 9.17) is 0 Å². The lowest BCUT2D eigenvalue weighted by molar-refractivity contribution is -0.120. The Hall–Kier alpha value is -2.12. The third-order valence-corrected chi connectivity index (χ3v) is 6.81. The molecule has 0 fully saturated rings. The van der Waals surface area contributed by atoms with E-state index in [0.717, 1.165) is 17.5 Å². The molecule has 0 saturated heterocycles. The molecule has 1 amide bonds. The number of benzene rings is 1. The molecular weight excluding hydrogens is 390 g/mol. The first-order valence-corrected chi connectivity index (χ1v) is 11.1. The predicted octanol–water partition coefficient (Wildman–Crippen LogP) is 4.29. The Morgan fingerprint density at radius 2 is 2.07 bits per heavy atom. The van der Waals surface area contributed by atoms with Gasteiger partial charge in [-0.2, -0.15) is 0 Å². The molecule has 28 heavy (non-hydrogen) atoms. The molecule has 0 aliphatic carbocycles. The lowest BCUT2D eigenvalue weighted by atomic mass is 10.0. The van der Waals surface area contributed by atoms with E-state index < -0.39 is 0 Å². The average Bonchev–Trinajstić information content (AvgIpc) is 3.09. The van der Waals surface area contributed by atoms with Crippen LogP contribution in [0.3, 0.4) is 0 Å². The molecule has 0 bridgehead atoms. The third kappa shape index (κ3) is 4.00. The molecule has 3 aromatic rings. The largest absolute Gasteiger partial charge is 0.355 e. The fourth-order valence-electron chi connectivity index (χ4n) is 2.88. The lowest BCUT2D eigenvalue weighted by Crippen LogP contribution is -2.32. The molecule has 0 radical (unpaired) electrons. The molecule has 2 heterocycles. The van der Waals surface area contributed by atoms with Gasteiger partial charge in [0.15, 0.2) is 5.16 Å². The van der Waals surface area contributed by atoms with Gasteiger partial charge in [0.05, 0.1) is 10.6 Å². The van der Waals surface area contributed by atoms with E-state index in [0.29, 0.717) is 21.9 Å². The SMILES string of the molecule is CCCNC(=O)[C@@H](C)Sc1nc2scc(-c3ccc(C)c(C)c3)c2c(=O)n1C. The fraction of sp³-hybridized carbons (Fsp3) is 0.381. The number of nitrogens with one attached hydrogen (secondary N) is 1. The van der Waals surface area contributed by atoms with Crippen molar-refractivity contribution >= 4 is 39.2 Å². The Morgan fingerprint density at radius 3 is 2.75 bits per heavy atom. The molecule has 0 spiro atoms. The van der Waals surface area contributed by atoms with Crippen LogP contribution in [0, 0.1) is 13.8 Å². The molecule has 0 aliphatic heterocycles. The van der Waals surface area contributed by atoms with Gasteiger partial charge in [-0.1, -0.05) is 36.9 Å². The van der Waals surface area contributed by atoms with Crippen molar-refractivity contribution < 1.29 is 4.79 Å². The van der Waals surface area contributed by atoms with E-state index in [1.807, 2.05) is 25.3 Å². The summed E-state index contributed by atoms with van der Waals surface area (Å²) in [6.07, 6.45) is 0.891. The average molecular weight is 416 g/mol. The standard InChI is InChI=1S/C21H25N3O2S2/c1-6-9-22-18(25)14(4)28-21-23-19-17(20(26)24(21)5)16(11-27-19)15-8-7-12(2)13(3)10-15/h7-8,10-11,14H,6,9H2,1-5H3,(H,22,25)/t14-/m1/s1. The molecule has 148 valence electrons. The Balaban J connectivity index is 1.99. The number of rotatable bonds is 6. The van der Waals surface area contributed by atoms with Crippen LogP contribution in [0.1, 0.15) is 31.4 Å². The van der Waals surface area contributed by atoms with E-state index in [2.05, 4.69) is 36.3 Å². The molecule has 2 aromatic heterocycles. The number of thioether (sulfide) groups is 1. The number of hydrogen-bond acceptors (Lipinski definition) is 5. The van der Waals surface area contributed by atoms with Gasteiger partial charge < -0.3 is 5.32 Å². The number of aromatic nitrogens is 2. The minimum absolute atomic E-state index is 0.0387. The van der Waals surface area contributed by atoms with Crippen LogP contribution in [0.25, 0.3) is 21.3 Å². The zero-order valence-electron chi connectivity index (χ0n) is 16.8. The van der Waals surface area contributed by atoms with Crippen LogP contribution in [-0.2, 0) is 11.8 Å². The minimum Gasteiger partial charge on any atom is -0.355 e. The second-order valence-corrected chi connectivity index (χ2v) is 9.10. The van der Waals surface area contributed by atoms with Gasteiger partial charge in [0.1, 0.15) is 4.83 Å². The highest BCUT2D eigenvalue weighted by atomic mass is 32.2. The zero-order valence-corrected chi connectivity index (χ0v) is 18.5. The second-order valence-electron chi connectivity index (χ2n) is 6.94. The summed E-state index contributed by atoms with van der Waals surface area (Å²) in [7, 11) is 1.72. The van der Waals surface area contributed by atoms with Crippen molar-refractivity contribution in [2.75, 3.05) is 6.54 Å². The van der Waals surface area contributed by atoms with E-state index in [1.54, 1.807) is 11.6 Å². The number of carbonyl (C=O) groups is 1. The number of aryl methyl sites for hydroxylation is 2. The lowest BCUT2D eigenvalue weighted by Gasteiger charge is -2.13. The van der Waals surface area contributed by atoms with Crippen LogP contribution in [0.2, 0.25) is 0 Å². The Kier molecular flexibility index (Phi) is 6.25. The van der Waals surface area contributed by atoms with Crippen LogP contribution in [-0.4, -0.2) is 27.3 Å². The van der Waals surface area contributed by atoms with Gasteiger partial charge in [-0.25, -0.2) is 4.98 Å². The predicted molar refractivity (Wildman–Crippen MR) is 118 cm³/mol. The summed E-state index contributed by atoms with van der Waals surface area (Å²) in [5.41, 5.74) is 4.29. The Bertz CT molecular complexity index is 1090. The van der Waals surface area contributed by atoms with Crippen LogP contribution >= 0.6 is 23.1 Å². The van der Waals surface area contributed by atoms with Crippen molar-refractivity contribution in [3.8, 4) is 11.1 Å². The van der Waals surface area contributed by atoms with Crippen LogP contribution in [0.5, 0.6) is 0 Å². The zero-order chi connectivity index (χ0) is 20.4. The van der Waals surface area contributed by atoms with Gasteiger partial charge in [0.2, 0.25) is 5.91 Å². The maximum absolute atomic E-state index is 13.1. The number of carbonyl (C=O) groups excluding carboxylic acids is 1. The highest BCUT2D eigenvalue weighted by Gasteiger charge is 2.20. The van der Waals surface area contributed by atoms with Crippen molar-refractivity contribution in [2.45, 2.75) is 44.5 Å². The summed E-state index contributed by atoms with van der Waals surface area (Å²) in [5, 5.41) is 5.77. The number of hydrogen-bond donors (Lipinski definition) is 1. The van der Waals surface area contributed by atoms with Crippen molar-refractivity contribution in [1.29, 1.82) is 0 Å². The summed E-state index contributed by atoms with van der Waals surface area (Å²) >= 11 is 2.78. The number of fused-ring (bicyclic) bond motifs is 1. The van der Waals surface area contributed by atoms with E-state index in [1.165, 1.54) is 34.2 Å². The van der Waals surface area contributed by atoms with Gasteiger partial charge in [0.25, 0.3) is 5.56 Å². The van der Waals surface area contributed by atoms with Crippen molar-refractivity contribution in [3.63, 3.8) is 0 Å². The van der Waals surface area contributed by atoms with Crippen LogP contribution < -0.4 is 10.9 Å². The monoisotopic (exact) mass is 415 g/mol. The van der Waals surface area contributed by atoms with Crippen molar-refractivity contribution in [3.05, 3.63) is 45.1 Å². The normalized spacial score (nSPS) is 12.3. The van der Waals surface area contributed by atoms with E-state index in [9.17, 15) is 9.59 Å². The molecule has 3 rings (SSSR count). The van der Waals surface area contributed by atoms with E-state index in [-0.39, 0.29) is 16.7 Å². The molecule has 1 atom stereocenters. The summed E-state index contributed by atoms with van der Waals surface area (Å²) in [6, 6.07) is 6.23. The van der Waals surface area contributed by atoms with Gasteiger partial charge in [0, 0.05) is 24.5 Å². The van der Waals surface area contributed by atoms with Gasteiger partial charge in [-0.05, 0) is 43.9 Å². The molecule has 5 nitrogen and oxygen atoms in total. The minimum atomic E-state index is -0.318. The molecular formula is C21H25N3O2S2. The van der Waals surface area contributed by atoms with Gasteiger partial charge >= 0.3 is 0 Å². The quantitative estimate of drug-likeness (QED) is 0.482. The topological polar surface area (TPSA) is 64.0 Å². The fourth-order valence-corrected chi connectivity index (χ4v) is 4.77. The Labute approximate surface area is 173 Å². The smallest absolute Gasteiger partial charge is 0.263 e. The van der Waals surface area contributed by atoms with Crippen LogP contribution in [0.15, 0.2) is 33.5 Å². The van der Waals surface area contributed by atoms with Crippen molar-refractivity contribution in [1.82, 2.24) is 14.9 Å². The summed E-state index contributed by atoms with van der Waals surface area (Å²) < 4.78 is 1.55. The summed E-state index contributed by atoms with van der Waals surface area (Å²) in [4.78, 5) is 30.7. The first-order chi connectivity index (χ1) is 13.3. The maximum Gasteiger partial charge on any atom is 0.263 e. The Morgan fingerprint density at radius 1 is 1.32 bits per heavy atom. The van der Waals surface area contributed by atoms with Gasteiger partial charge in [-0.3, -0.25) is 14.2 Å². The first kappa shape index (κ1) is 20.6.